The maximum atomic E-state index is 12.0. The highest BCUT2D eigenvalue weighted by Gasteiger charge is 2.11. The van der Waals surface area contributed by atoms with E-state index in [0.29, 0.717) is 11.1 Å². The number of amides is 2. The Morgan fingerprint density at radius 2 is 2.20 bits per heavy atom. The number of carbonyl (C=O) groups excluding carboxylic acids is 2. The van der Waals surface area contributed by atoms with Crippen molar-refractivity contribution in [3.8, 4) is 11.8 Å². The average molecular weight is 274 g/mol. The Kier molecular flexibility index (Phi) is 6.20. The number of hydrogen-bond donors (Lipinski definition) is 3. The molecular weight excluding hydrogens is 256 g/mol. The smallest absolute Gasteiger partial charge is 0.253 e. The summed E-state index contributed by atoms with van der Waals surface area (Å²) in [7, 11) is 0. The van der Waals surface area contributed by atoms with Crippen LogP contribution in [0.3, 0.4) is 0 Å². The largest absolute Gasteiger partial charge is 0.352 e. The van der Waals surface area contributed by atoms with Crippen LogP contribution in [0.15, 0.2) is 18.5 Å². The minimum atomic E-state index is -0.368. The second-order valence-electron chi connectivity index (χ2n) is 4.33. The van der Waals surface area contributed by atoms with Gasteiger partial charge in [0.05, 0.1) is 24.2 Å². The summed E-state index contributed by atoms with van der Waals surface area (Å²) in [6.07, 6.45) is 2.99. The first kappa shape index (κ1) is 15.7. The fourth-order valence-corrected chi connectivity index (χ4v) is 1.47. The van der Waals surface area contributed by atoms with Gasteiger partial charge in [0.1, 0.15) is 0 Å². The lowest BCUT2D eigenvalue weighted by atomic mass is 10.1. The molecule has 0 saturated carbocycles. The van der Waals surface area contributed by atoms with Crippen LogP contribution in [0.5, 0.6) is 0 Å². The van der Waals surface area contributed by atoms with Crippen LogP contribution in [-0.2, 0) is 4.79 Å². The summed E-state index contributed by atoms with van der Waals surface area (Å²) in [5.41, 5.74) is 6.16. The summed E-state index contributed by atoms with van der Waals surface area (Å²) in [5.74, 6) is 4.84. The van der Waals surface area contributed by atoms with Crippen LogP contribution in [0.1, 0.15) is 29.8 Å². The molecule has 6 heteroatoms. The highest BCUT2D eigenvalue weighted by molar-refractivity contribution is 5.98. The van der Waals surface area contributed by atoms with Gasteiger partial charge in [-0.25, -0.2) is 0 Å². The lowest BCUT2D eigenvalue weighted by molar-refractivity contribution is -0.120. The van der Waals surface area contributed by atoms with E-state index in [9.17, 15) is 9.59 Å². The Hall–Kier alpha value is -2.39. The molecule has 2 amide bonds. The van der Waals surface area contributed by atoms with Gasteiger partial charge in [-0.2, -0.15) is 0 Å². The van der Waals surface area contributed by atoms with Crippen molar-refractivity contribution in [2.75, 3.05) is 13.1 Å². The molecule has 1 rings (SSSR count). The Balaban J connectivity index is 2.71. The molecule has 4 N–H and O–H groups in total. The minimum Gasteiger partial charge on any atom is -0.352 e. The second-order valence-corrected chi connectivity index (χ2v) is 4.33. The van der Waals surface area contributed by atoms with Crippen LogP contribution in [0.2, 0.25) is 0 Å². The molecule has 0 aliphatic rings. The van der Waals surface area contributed by atoms with Crippen molar-refractivity contribution in [2.45, 2.75) is 19.9 Å². The third-order valence-electron chi connectivity index (χ3n) is 2.25. The highest BCUT2D eigenvalue weighted by Crippen LogP contribution is 2.04. The monoisotopic (exact) mass is 274 g/mol. The second kappa shape index (κ2) is 7.92. The molecule has 1 aromatic heterocycles. The number of nitrogens with one attached hydrogen (secondary N) is 2. The van der Waals surface area contributed by atoms with Gasteiger partial charge in [-0.05, 0) is 19.9 Å². The standard InChI is InChI=1S/C14H18N4O2/c1-10(2)18-13(19)9-17-14(20)12-5-7-16-8-11(12)4-3-6-15/h5,7-8,10H,6,9,15H2,1-2H3,(H,17,20)(H,18,19). The highest BCUT2D eigenvalue weighted by atomic mass is 16.2. The molecule has 6 nitrogen and oxygen atoms in total. The first-order valence-electron chi connectivity index (χ1n) is 6.25. The predicted molar refractivity (Wildman–Crippen MR) is 75.8 cm³/mol. The van der Waals surface area contributed by atoms with Crippen LogP contribution < -0.4 is 16.4 Å². The SMILES string of the molecule is CC(C)NC(=O)CNC(=O)c1ccncc1C#CCN. The van der Waals surface area contributed by atoms with Crippen LogP contribution in [0.4, 0.5) is 0 Å². The van der Waals surface area contributed by atoms with Gasteiger partial charge in [-0.3, -0.25) is 14.6 Å². The zero-order valence-corrected chi connectivity index (χ0v) is 11.6. The number of carbonyl (C=O) groups is 2. The maximum Gasteiger partial charge on any atom is 0.253 e. The Morgan fingerprint density at radius 1 is 1.45 bits per heavy atom. The van der Waals surface area contributed by atoms with Crippen molar-refractivity contribution in [3.05, 3.63) is 29.6 Å². The first-order chi connectivity index (χ1) is 9.54. The fourth-order valence-electron chi connectivity index (χ4n) is 1.47. The number of hydrogen-bond acceptors (Lipinski definition) is 4. The van der Waals surface area contributed by atoms with E-state index in [-0.39, 0.29) is 30.9 Å². The molecule has 0 fully saturated rings. The van der Waals surface area contributed by atoms with Crippen molar-refractivity contribution >= 4 is 11.8 Å². The quantitative estimate of drug-likeness (QED) is 0.654. The average Bonchev–Trinajstić information content (AvgIpc) is 2.42. The van der Waals surface area contributed by atoms with E-state index in [2.05, 4.69) is 27.5 Å². The fraction of sp³-hybridized carbons (Fsp3) is 0.357. The van der Waals surface area contributed by atoms with E-state index in [1.54, 1.807) is 6.07 Å². The van der Waals surface area contributed by atoms with Gasteiger partial charge < -0.3 is 16.4 Å². The van der Waals surface area contributed by atoms with Gasteiger partial charge in [-0.1, -0.05) is 11.8 Å². The van der Waals surface area contributed by atoms with Crippen LogP contribution >= 0.6 is 0 Å². The molecule has 0 aliphatic heterocycles. The maximum absolute atomic E-state index is 12.0. The van der Waals surface area contributed by atoms with Gasteiger partial charge in [0.2, 0.25) is 5.91 Å². The number of aromatic nitrogens is 1. The topological polar surface area (TPSA) is 97.1 Å². The third-order valence-corrected chi connectivity index (χ3v) is 2.25. The van der Waals surface area contributed by atoms with E-state index >= 15 is 0 Å². The first-order valence-corrected chi connectivity index (χ1v) is 6.25. The molecular formula is C14H18N4O2. The molecule has 0 aliphatic carbocycles. The van der Waals surface area contributed by atoms with E-state index in [4.69, 9.17) is 5.73 Å². The molecule has 0 unspecified atom stereocenters. The third kappa shape index (κ3) is 5.08. The molecule has 106 valence electrons. The van der Waals surface area contributed by atoms with E-state index < -0.39 is 0 Å². The number of nitrogens with two attached hydrogens (primary N) is 1. The van der Waals surface area contributed by atoms with E-state index in [0.717, 1.165) is 0 Å². The van der Waals surface area contributed by atoms with E-state index in [1.807, 2.05) is 13.8 Å². The minimum absolute atomic E-state index is 0.0336. The van der Waals surface area contributed by atoms with Crippen molar-refractivity contribution in [1.82, 2.24) is 15.6 Å². The van der Waals surface area contributed by atoms with Gasteiger partial charge in [0, 0.05) is 18.4 Å². The van der Waals surface area contributed by atoms with Crippen molar-refractivity contribution in [2.24, 2.45) is 5.73 Å². The Morgan fingerprint density at radius 3 is 2.85 bits per heavy atom. The number of pyridine rings is 1. The molecule has 0 saturated heterocycles. The molecule has 1 heterocycles. The lowest BCUT2D eigenvalue weighted by Crippen LogP contribution is -2.40. The number of rotatable bonds is 4. The van der Waals surface area contributed by atoms with Crippen LogP contribution in [-0.4, -0.2) is 35.9 Å². The van der Waals surface area contributed by atoms with Gasteiger partial charge in [0.25, 0.3) is 5.91 Å². The summed E-state index contributed by atoms with van der Waals surface area (Å²) >= 11 is 0. The molecule has 0 bridgehead atoms. The molecule has 0 spiro atoms. The van der Waals surface area contributed by atoms with Crippen LogP contribution in [0.25, 0.3) is 0 Å². The van der Waals surface area contributed by atoms with E-state index in [1.165, 1.54) is 12.4 Å². The summed E-state index contributed by atoms with van der Waals surface area (Å²) in [4.78, 5) is 27.4. The normalized spacial score (nSPS) is 9.60. The van der Waals surface area contributed by atoms with Gasteiger partial charge in [-0.15, -0.1) is 0 Å². The van der Waals surface area contributed by atoms with Gasteiger partial charge >= 0.3 is 0 Å². The Bertz CT molecular complexity index is 544. The lowest BCUT2D eigenvalue weighted by Gasteiger charge is -2.09. The zero-order chi connectivity index (χ0) is 15.0. The summed E-state index contributed by atoms with van der Waals surface area (Å²) in [6, 6.07) is 1.59. The molecule has 0 atom stereocenters. The molecule has 1 aromatic rings. The van der Waals surface area contributed by atoms with Crippen molar-refractivity contribution in [3.63, 3.8) is 0 Å². The molecule has 0 radical (unpaired) electrons. The predicted octanol–water partition coefficient (Wildman–Crippen LogP) is -0.354. The Labute approximate surface area is 118 Å². The summed E-state index contributed by atoms with van der Waals surface area (Å²) in [5, 5.41) is 5.23. The summed E-state index contributed by atoms with van der Waals surface area (Å²) in [6.45, 7) is 3.82. The zero-order valence-electron chi connectivity index (χ0n) is 11.6. The molecule has 0 aromatic carbocycles. The van der Waals surface area contributed by atoms with Crippen molar-refractivity contribution < 1.29 is 9.59 Å². The van der Waals surface area contributed by atoms with Crippen LogP contribution in [0, 0.1) is 11.8 Å². The number of nitrogens with zero attached hydrogens (tertiary/aromatic N) is 1. The summed E-state index contributed by atoms with van der Waals surface area (Å²) < 4.78 is 0. The van der Waals surface area contributed by atoms with Crippen molar-refractivity contribution in [1.29, 1.82) is 0 Å². The molecule has 20 heavy (non-hydrogen) atoms. The van der Waals surface area contributed by atoms with Gasteiger partial charge in [0.15, 0.2) is 0 Å².